The lowest BCUT2D eigenvalue weighted by Gasteiger charge is -2.17. The van der Waals surface area contributed by atoms with Crippen molar-refractivity contribution in [3.63, 3.8) is 0 Å². The topological polar surface area (TPSA) is 162 Å². The number of carboxylic acids is 1. The summed E-state index contributed by atoms with van der Waals surface area (Å²) >= 11 is 0. The van der Waals surface area contributed by atoms with Crippen LogP contribution >= 0.6 is 0 Å². The Kier molecular flexibility index (Phi) is 6.40. The number of esters is 1. The van der Waals surface area contributed by atoms with Crippen LogP contribution in [-0.4, -0.2) is 63.7 Å². The SMILES string of the molecule is NC(CCCCNCC(O)C1OC(=O)C(O)=C1O)C(=O)O. The van der Waals surface area contributed by atoms with Crippen molar-refractivity contribution in [2.24, 2.45) is 5.73 Å². The van der Waals surface area contributed by atoms with E-state index in [1.165, 1.54) is 0 Å². The van der Waals surface area contributed by atoms with Crippen molar-refractivity contribution in [1.29, 1.82) is 0 Å². The predicted molar refractivity (Wildman–Crippen MR) is 70.5 cm³/mol. The highest BCUT2D eigenvalue weighted by Crippen LogP contribution is 2.21. The third-order valence-corrected chi connectivity index (χ3v) is 3.08. The Balaban J connectivity index is 2.16. The van der Waals surface area contributed by atoms with Gasteiger partial charge in [0, 0.05) is 6.54 Å². The minimum atomic E-state index is -1.27. The molecule has 9 nitrogen and oxygen atoms in total. The fraction of sp³-hybridized carbons (Fsp3) is 0.667. The standard InChI is InChI=1S/C12H20N2O7/c13-6(11(18)19)3-1-2-4-14-5-7(15)10-8(16)9(17)12(20)21-10/h6-7,10,14-17H,1-5,13H2,(H,18,19). The molecule has 0 bridgehead atoms. The summed E-state index contributed by atoms with van der Waals surface area (Å²) in [6, 6.07) is -0.876. The number of carboxylic acid groups (broad SMARTS) is 1. The molecule has 0 spiro atoms. The lowest BCUT2D eigenvalue weighted by Crippen LogP contribution is -2.38. The van der Waals surface area contributed by atoms with Crippen molar-refractivity contribution in [2.45, 2.75) is 37.5 Å². The van der Waals surface area contributed by atoms with Crippen LogP contribution in [0, 0.1) is 0 Å². The van der Waals surface area contributed by atoms with Crippen LogP contribution in [0.15, 0.2) is 11.5 Å². The molecule has 1 rings (SSSR count). The Labute approximate surface area is 121 Å². The summed E-state index contributed by atoms with van der Waals surface area (Å²) in [5, 5.41) is 39.6. The summed E-state index contributed by atoms with van der Waals surface area (Å²) in [6.07, 6.45) is -0.839. The smallest absolute Gasteiger partial charge is 0.377 e. The fourth-order valence-electron chi connectivity index (χ4n) is 1.82. The van der Waals surface area contributed by atoms with Crippen LogP contribution in [0.3, 0.4) is 0 Å². The maximum Gasteiger partial charge on any atom is 0.377 e. The van der Waals surface area contributed by atoms with Gasteiger partial charge in [-0.15, -0.1) is 0 Å². The van der Waals surface area contributed by atoms with Gasteiger partial charge in [0.15, 0.2) is 11.9 Å². The van der Waals surface area contributed by atoms with Crippen LogP contribution in [-0.2, 0) is 14.3 Å². The molecule has 0 aliphatic carbocycles. The minimum absolute atomic E-state index is 0.0419. The first-order valence-electron chi connectivity index (χ1n) is 6.54. The molecule has 9 heteroatoms. The molecule has 0 saturated carbocycles. The fourth-order valence-corrected chi connectivity index (χ4v) is 1.82. The Bertz CT molecular complexity index is 424. The second-order valence-electron chi connectivity index (χ2n) is 4.77. The van der Waals surface area contributed by atoms with Crippen molar-refractivity contribution >= 4 is 11.9 Å². The summed E-state index contributed by atoms with van der Waals surface area (Å²) in [6.45, 7) is 0.542. The predicted octanol–water partition coefficient (Wildman–Crippen LogP) is -1.23. The molecular formula is C12H20N2O7. The van der Waals surface area contributed by atoms with Gasteiger partial charge in [-0.1, -0.05) is 6.42 Å². The Morgan fingerprint density at radius 2 is 2.05 bits per heavy atom. The van der Waals surface area contributed by atoms with Gasteiger partial charge in [-0.05, 0) is 19.4 Å². The molecule has 21 heavy (non-hydrogen) atoms. The quantitative estimate of drug-likeness (QED) is 0.226. The van der Waals surface area contributed by atoms with Gasteiger partial charge < -0.3 is 36.2 Å². The molecule has 7 N–H and O–H groups in total. The first-order chi connectivity index (χ1) is 9.84. The normalized spacial score (nSPS) is 21.2. The number of hydrogen-bond donors (Lipinski definition) is 6. The molecule has 120 valence electrons. The van der Waals surface area contributed by atoms with E-state index >= 15 is 0 Å². The zero-order chi connectivity index (χ0) is 16.0. The van der Waals surface area contributed by atoms with E-state index < -0.39 is 41.7 Å². The number of aliphatic hydroxyl groups excluding tert-OH is 3. The molecule has 0 amide bonds. The summed E-state index contributed by atoms with van der Waals surface area (Å²) in [7, 11) is 0. The Hall–Kier alpha value is -1.84. The third kappa shape index (κ3) is 4.88. The van der Waals surface area contributed by atoms with Crippen molar-refractivity contribution in [2.75, 3.05) is 13.1 Å². The highest BCUT2D eigenvalue weighted by Gasteiger charge is 2.38. The number of nitrogens with one attached hydrogen (secondary N) is 1. The number of hydrogen-bond acceptors (Lipinski definition) is 8. The number of ether oxygens (including phenoxy) is 1. The van der Waals surface area contributed by atoms with Gasteiger partial charge in [0.2, 0.25) is 5.76 Å². The first kappa shape index (κ1) is 17.2. The van der Waals surface area contributed by atoms with Crippen LogP contribution in [0.4, 0.5) is 0 Å². The van der Waals surface area contributed by atoms with Crippen LogP contribution in [0.1, 0.15) is 19.3 Å². The zero-order valence-corrected chi connectivity index (χ0v) is 11.4. The van der Waals surface area contributed by atoms with Crippen molar-refractivity contribution in [3.05, 3.63) is 11.5 Å². The highest BCUT2D eigenvalue weighted by atomic mass is 16.6. The maximum atomic E-state index is 11.0. The molecule has 0 saturated heterocycles. The number of cyclic esters (lactones) is 1. The first-order valence-corrected chi connectivity index (χ1v) is 6.54. The number of nitrogens with two attached hydrogens (primary N) is 1. The van der Waals surface area contributed by atoms with Gasteiger partial charge in [-0.3, -0.25) is 4.79 Å². The average Bonchev–Trinajstić information content (AvgIpc) is 2.69. The van der Waals surface area contributed by atoms with Gasteiger partial charge in [0.05, 0.1) is 0 Å². The lowest BCUT2D eigenvalue weighted by molar-refractivity contribution is -0.146. The van der Waals surface area contributed by atoms with E-state index in [4.69, 9.17) is 15.9 Å². The molecule has 1 heterocycles. The second-order valence-corrected chi connectivity index (χ2v) is 4.77. The molecule has 3 atom stereocenters. The van der Waals surface area contributed by atoms with Crippen molar-refractivity contribution < 1.29 is 34.8 Å². The zero-order valence-electron chi connectivity index (χ0n) is 11.4. The summed E-state index contributed by atoms with van der Waals surface area (Å²) < 4.78 is 4.60. The highest BCUT2D eigenvalue weighted by molar-refractivity contribution is 5.89. The number of aliphatic carboxylic acids is 1. The number of carbonyl (C=O) groups excluding carboxylic acids is 1. The molecule has 0 aromatic carbocycles. The van der Waals surface area contributed by atoms with E-state index in [-0.39, 0.29) is 6.54 Å². The van der Waals surface area contributed by atoms with Gasteiger partial charge >= 0.3 is 11.9 Å². The number of carbonyl (C=O) groups is 2. The maximum absolute atomic E-state index is 11.0. The minimum Gasteiger partial charge on any atom is -0.505 e. The van der Waals surface area contributed by atoms with E-state index in [0.29, 0.717) is 25.8 Å². The Morgan fingerprint density at radius 3 is 2.57 bits per heavy atom. The van der Waals surface area contributed by atoms with Crippen LogP contribution in [0.2, 0.25) is 0 Å². The summed E-state index contributed by atoms with van der Waals surface area (Å²) in [4.78, 5) is 21.4. The largest absolute Gasteiger partial charge is 0.505 e. The average molecular weight is 304 g/mol. The van der Waals surface area contributed by atoms with Crippen LogP contribution in [0.5, 0.6) is 0 Å². The van der Waals surface area contributed by atoms with Gasteiger partial charge in [-0.25, -0.2) is 4.79 Å². The van der Waals surface area contributed by atoms with Crippen LogP contribution in [0.25, 0.3) is 0 Å². The Morgan fingerprint density at radius 1 is 1.38 bits per heavy atom. The van der Waals surface area contributed by atoms with Gasteiger partial charge in [0.1, 0.15) is 12.1 Å². The van der Waals surface area contributed by atoms with Gasteiger partial charge in [0.25, 0.3) is 0 Å². The summed E-state index contributed by atoms with van der Waals surface area (Å²) in [5.74, 6) is -3.67. The van der Waals surface area contributed by atoms with Crippen molar-refractivity contribution in [1.82, 2.24) is 5.32 Å². The second kappa shape index (κ2) is 7.81. The number of unbranched alkanes of at least 4 members (excludes halogenated alkanes) is 1. The van der Waals surface area contributed by atoms with E-state index in [1.54, 1.807) is 0 Å². The van der Waals surface area contributed by atoms with E-state index in [1.807, 2.05) is 0 Å². The molecule has 0 aromatic heterocycles. The molecule has 3 unspecified atom stereocenters. The lowest BCUT2D eigenvalue weighted by atomic mass is 10.1. The van der Waals surface area contributed by atoms with E-state index in [2.05, 4.69) is 10.1 Å². The van der Waals surface area contributed by atoms with Gasteiger partial charge in [-0.2, -0.15) is 0 Å². The third-order valence-electron chi connectivity index (χ3n) is 3.08. The monoisotopic (exact) mass is 304 g/mol. The molecule has 0 radical (unpaired) electrons. The number of aliphatic hydroxyl groups is 3. The number of rotatable bonds is 9. The van der Waals surface area contributed by atoms with E-state index in [9.17, 15) is 19.8 Å². The van der Waals surface area contributed by atoms with E-state index in [0.717, 1.165) is 0 Å². The molecule has 1 aliphatic rings. The molecule has 1 aliphatic heterocycles. The van der Waals surface area contributed by atoms with Crippen molar-refractivity contribution in [3.8, 4) is 0 Å². The van der Waals surface area contributed by atoms with Crippen LogP contribution < -0.4 is 11.1 Å². The molecular weight excluding hydrogens is 284 g/mol. The molecule has 0 fully saturated rings. The summed E-state index contributed by atoms with van der Waals surface area (Å²) in [5.41, 5.74) is 5.34. The molecule has 0 aromatic rings.